The zero-order chi connectivity index (χ0) is 15.2. The van der Waals surface area contributed by atoms with Crippen molar-refractivity contribution in [1.82, 2.24) is 0 Å². The second-order valence-electron chi connectivity index (χ2n) is 5.52. The topological polar surface area (TPSA) is 18.5 Å². The molecule has 21 heavy (non-hydrogen) atoms. The Bertz CT molecular complexity index is 571. The highest BCUT2D eigenvalue weighted by Gasteiger charge is 2.06. The Kier molecular flexibility index (Phi) is 5.26. The standard InChI is InChI=1S/C19H24O2/c1-5-15-8-11-18(20-4)19(12-15)21-13-16-6-9-17(10-7-16)14(2)3/h6-12,14H,5,13H2,1-4H3. The largest absolute Gasteiger partial charge is 0.493 e. The zero-order valence-corrected chi connectivity index (χ0v) is 13.3. The van der Waals surface area contributed by atoms with Gasteiger partial charge in [-0.05, 0) is 41.2 Å². The number of ether oxygens (including phenoxy) is 2. The van der Waals surface area contributed by atoms with Crippen molar-refractivity contribution in [3.8, 4) is 11.5 Å². The van der Waals surface area contributed by atoms with Crippen LogP contribution in [-0.2, 0) is 13.0 Å². The summed E-state index contributed by atoms with van der Waals surface area (Å²) in [5.41, 5.74) is 3.77. The van der Waals surface area contributed by atoms with Crippen LogP contribution < -0.4 is 9.47 Å². The van der Waals surface area contributed by atoms with E-state index >= 15 is 0 Å². The van der Waals surface area contributed by atoms with E-state index in [1.165, 1.54) is 16.7 Å². The van der Waals surface area contributed by atoms with Gasteiger partial charge in [0.2, 0.25) is 0 Å². The van der Waals surface area contributed by atoms with Crippen LogP contribution in [-0.4, -0.2) is 7.11 Å². The van der Waals surface area contributed by atoms with Gasteiger partial charge in [-0.25, -0.2) is 0 Å². The molecule has 0 amide bonds. The van der Waals surface area contributed by atoms with E-state index in [1.54, 1.807) is 7.11 Å². The van der Waals surface area contributed by atoms with Crippen LogP contribution in [0.15, 0.2) is 42.5 Å². The van der Waals surface area contributed by atoms with E-state index in [9.17, 15) is 0 Å². The molecule has 0 fully saturated rings. The Morgan fingerprint density at radius 1 is 0.905 bits per heavy atom. The molecule has 2 aromatic carbocycles. The van der Waals surface area contributed by atoms with Crippen LogP contribution in [0.4, 0.5) is 0 Å². The van der Waals surface area contributed by atoms with Crippen molar-refractivity contribution < 1.29 is 9.47 Å². The highest BCUT2D eigenvalue weighted by molar-refractivity contribution is 5.43. The van der Waals surface area contributed by atoms with Gasteiger partial charge < -0.3 is 9.47 Å². The van der Waals surface area contributed by atoms with Gasteiger partial charge >= 0.3 is 0 Å². The van der Waals surface area contributed by atoms with Gasteiger partial charge in [0.15, 0.2) is 11.5 Å². The molecule has 0 aliphatic rings. The molecular weight excluding hydrogens is 260 g/mol. The summed E-state index contributed by atoms with van der Waals surface area (Å²) in [5.74, 6) is 2.15. The van der Waals surface area contributed by atoms with Gasteiger partial charge in [0, 0.05) is 0 Å². The molecule has 0 aliphatic heterocycles. The van der Waals surface area contributed by atoms with Gasteiger partial charge in [0.05, 0.1) is 7.11 Å². The Labute approximate surface area is 127 Å². The lowest BCUT2D eigenvalue weighted by atomic mass is 10.0. The van der Waals surface area contributed by atoms with Crippen LogP contribution in [0.1, 0.15) is 43.4 Å². The number of hydrogen-bond donors (Lipinski definition) is 0. The summed E-state index contributed by atoms with van der Waals surface area (Å²) in [4.78, 5) is 0. The zero-order valence-electron chi connectivity index (χ0n) is 13.3. The first-order chi connectivity index (χ1) is 10.1. The summed E-state index contributed by atoms with van der Waals surface area (Å²) in [6, 6.07) is 14.7. The van der Waals surface area contributed by atoms with Crippen LogP contribution in [0.25, 0.3) is 0 Å². The Morgan fingerprint density at radius 2 is 1.57 bits per heavy atom. The number of rotatable bonds is 6. The molecule has 0 heterocycles. The molecule has 2 rings (SSSR count). The minimum Gasteiger partial charge on any atom is -0.493 e. The van der Waals surface area contributed by atoms with Gasteiger partial charge in [-0.3, -0.25) is 0 Å². The summed E-state index contributed by atoms with van der Waals surface area (Å²) in [5, 5.41) is 0. The molecule has 0 bridgehead atoms. The van der Waals surface area contributed by atoms with Crippen molar-refractivity contribution >= 4 is 0 Å². The average Bonchev–Trinajstić information content (AvgIpc) is 2.52. The van der Waals surface area contributed by atoms with Gasteiger partial charge in [0.25, 0.3) is 0 Å². The molecule has 2 nitrogen and oxygen atoms in total. The van der Waals surface area contributed by atoms with Crippen molar-refractivity contribution in [2.24, 2.45) is 0 Å². The van der Waals surface area contributed by atoms with E-state index < -0.39 is 0 Å². The molecule has 2 aromatic rings. The summed E-state index contributed by atoms with van der Waals surface area (Å²) >= 11 is 0. The van der Waals surface area contributed by atoms with Gasteiger partial charge in [0.1, 0.15) is 6.61 Å². The second kappa shape index (κ2) is 7.16. The first-order valence-electron chi connectivity index (χ1n) is 7.52. The van der Waals surface area contributed by atoms with Crippen LogP contribution in [0.5, 0.6) is 11.5 Å². The average molecular weight is 284 g/mol. The maximum absolute atomic E-state index is 5.93. The van der Waals surface area contributed by atoms with Crippen molar-refractivity contribution in [3.63, 3.8) is 0 Å². The lowest BCUT2D eigenvalue weighted by Crippen LogP contribution is -1.99. The summed E-state index contributed by atoms with van der Waals surface area (Å²) in [7, 11) is 1.67. The molecule has 112 valence electrons. The quantitative estimate of drug-likeness (QED) is 0.746. The summed E-state index contributed by atoms with van der Waals surface area (Å²) < 4.78 is 11.3. The highest BCUT2D eigenvalue weighted by Crippen LogP contribution is 2.29. The minimum absolute atomic E-state index is 0.557. The number of aryl methyl sites for hydroxylation is 1. The third kappa shape index (κ3) is 4.01. The smallest absolute Gasteiger partial charge is 0.161 e. The molecule has 0 aliphatic carbocycles. The highest BCUT2D eigenvalue weighted by atomic mass is 16.5. The maximum atomic E-state index is 5.93. The summed E-state index contributed by atoms with van der Waals surface area (Å²) in [6.45, 7) is 7.09. The van der Waals surface area contributed by atoms with Crippen molar-refractivity contribution in [2.45, 2.75) is 39.7 Å². The number of methoxy groups -OCH3 is 1. The predicted octanol–water partition coefficient (Wildman–Crippen LogP) is 4.96. The van der Waals surface area contributed by atoms with E-state index in [0.29, 0.717) is 12.5 Å². The second-order valence-corrected chi connectivity index (χ2v) is 5.52. The van der Waals surface area contributed by atoms with E-state index in [1.807, 2.05) is 6.07 Å². The van der Waals surface area contributed by atoms with Crippen LogP contribution >= 0.6 is 0 Å². The molecule has 0 aromatic heterocycles. The molecule has 0 radical (unpaired) electrons. The molecular formula is C19H24O2. The van der Waals surface area contributed by atoms with Crippen molar-refractivity contribution in [3.05, 3.63) is 59.2 Å². The van der Waals surface area contributed by atoms with Crippen molar-refractivity contribution in [2.75, 3.05) is 7.11 Å². The molecule has 0 atom stereocenters. The van der Waals surface area contributed by atoms with E-state index in [0.717, 1.165) is 17.9 Å². The van der Waals surface area contributed by atoms with E-state index in [2.05, 4.69) is 57.2 Å². The molecule has 2 heteroatoms. The van der Waals surface area contributed by atoms with Gasteiger partial charge in [-0.15, -0.1) is 0 Å². The third-order valence-electron chi connectivity index (χ3n) is 3.68. The third-order valence-corrected chi connectivity index (χ3v) is 3.68. The Hall–Kier alpha value is -1.96. The fraction of sp³-hybridized carbons (Fsp3) is 0.368. The predicted molar refractivity (Wildman–Crippen MR) is 87.2 cm³/mol. The van der Waals surface area contributed by atoms with Gasteiger partial charge in [-0.2, -0.15) is 0 Å². The minimum atomic E-state index is 0.557. The lowest BCUT2D eigenvalue weighted by molar-refractivity contribution is 0.284. The molecule has 0 spiro atoms. The number of benzene rings is 2. The molecule has 0 unspecified atom stereocenters. The van der Waals surface area contributed by atoms with Crippen LogP contribution in [0, 0.1) is 0 Å². The fourth-order valence-electron chi connectivity index (χ4n) is 2.21. The molecule has 0 saturated carbocycles. The van der Waals surface area contributed by atoms with Crippen LogP contribution in [0.3, 0.4) is 0 Å². The normalized spacial score (nSPS) is 10.7. The lowest BCUT2D eigenvalue weighted by Gasteiger charge is -2.12. The molecule has 0 saturated heterocycles. The van der Waals surface area contributed by atoms with E-state index in [-0.39, 0.29) is 0 Å². The molecule has 0 N–H and O–H groups in total. The SMILES string of the molecule is CCc1ccc(OC)c(OCc2ccc(C(C)C)cc2)c1. The van der Waals surface area contributed by atoms with Crippen LogP contribution in [0.2, 0.25) is 0 Å². The Balaban J connectivity index is 2.08. The first kappa shape index (κ1) is 15.4. The van der Waals surface area contributed by atoms with E-state index in [4.69, 9.17) is 9.47 Å². The monoisotopic (exact) mass is 284 g/mol. The summed E-state index contributed by atoms with van der Waals surface area (Å²) in [6.07, 6.45) is 0.990. The fourth-order valence-corrected chi connectivity index (χ4v) is 2.21. The number of hydrogen-bond acceptors (Lipinski definition) is 2. The van der Waals surface area contributed by atoms with Crippen molar-refractivity contribution in [1.29, 1.82) is 0 Å². The first-order valence-corrected chi connectivity index (χ1v) is 7.52. The van der Waals surface area contributed by atoms with Gasteiger partial charge in [-0.1, -0.05) is 51.1 Å². The Morgan fingerprint density at radius 3 is 2.14 bits per heavy atom. The maximum Gasteiger partial charge on any atom is 0.161 e.